The molecule has 2 aromatic rings. The summed E-state index contributed by atoms with van der Waals surface area (Å²) < 4.78 is 0. The van der Waals surface area contributed by atoms with Crippen LogP contribution < -0.4 is 16.4 Å². The first-order valence-electron chi connectivity index (χ1n) is 6.25. The van der Waals surface area contributed by atoms with Gasteiger partial charge >= 0.3 is 0 Å². The van der Waals surface area contributed by atoms with Crippen LogP contribution in [0.5, 0.6) is 0 Å². The second-order valence-corrected chi connectivity index (χ2v) is 4.11. The van der Waals surface area contributed by atoms with Crippen LogP contribution in [0.4, 0.5) is 17.8 Å². The Labute approximate surface area is 112 Å². The molecule has 1 heterocycles. The highest BCUT2D eigenvalue weighted by Crippen LogP contribution is 2.07. The molecule has 2 rings (SSSR count). The molecular formula is C13H18N6. The van der Waals surface area contributed by atoms with Crippen LogP contribution in [0.2, 0.25) is 0 Å². The third kappa shape index (κ3) is 4.09. The first-order chi connectivity index (χ1) is 9.28. The van der Waals surface area contributed by atoms with Crippen LogP contribution in [-0.2, 0) is 6.42 Å². The largest absolute Gasteiger partial charge is 0.368 e. The van der Waals surface area contributed by atoms with E-state index in [-0.39, 0.29) is 5.95 Å². The molecule has 0 fully saturated rings. The molecule has 0 aliphatic rings. The molecule has 0 spiro atoms. The summed E-state index contributed by atoms with van der Waals surface area (Å²) in [5.74, 6) is 1.19. The summed E-state index contributed by atoms with van der Waals surface area (Å²) in [7, 11) is 1.74. The Hall–Kier alpha value is -2.37. The number of hydrogen-bond acceptors (Lipinski definition) is 6. The standard InChI is InChI=1S/C13H18N6/c1-15-12-17-11(14)18-13(19-12)16-9-5-8-10-6-3-2-4-7-10/h2-4,6-7H,5,8-9H2,1H3,(H4,14,15,16,17,18,19). The fraction of sp³-hybridized carbons (Fsp3) is 0.308. The lowest BCUT2D eigenvalue weighted by Gasteiger charge is -2.06. The van der Waals surface area contributed by atoms with Crippen LogP contribution in [0, 0.1) is 0 Å². The molecule has 19 heavy (non-hydrogen) atoms. The Morgan fingerprint density at radius 1 is 1.05 bits per heavy atom. The Morgan fingerprint density at radius 3 is 2.53 bits per heavy atom. The number of rotatable bonds is 6. The van der Waals surface area contributed by atoms with Gasteiger partial charge in [0.05, 0.1) is 0 Å². The van der Waals surface area contributed by atoms with Crippen molar-refractivity contribution in [3.63, 3.8) is 0 Å². The SMILES string of the molecule is CNc1nc(N)nc(NCCCc2ccccc2)n1. The van der Waals surface area contributed by atoms with Gasteiger partial charge in [0.1, 0.15) is 0 Å². The van der Waals surface area contributed by atoms with E-state index >= 15 is 0 Å². The fourth-order valence-electron chi connectivity index (χ4n) is 1.72. The van der Waals surface area contributed by atoms with Gasteiger partial charge in [0.15, 0.2) is 0 Å². The highest BCUT2D eigenvalue weighted by molar-refractivity contribution is 5.39. The van der Waals surface area contributed by atoms with Crippen molar-refractivity contribution in [3.05, 3.63) is 35.9 Å². The minimum atomic E-state index is 0.213. The molecule has 1 aromatic heterocycles. The number of nitrogens with zero attached hydrogens (tertiary/aromatic N) is 3. The molecule has 0 saturated carbocycles. The molecule has 0 atom stereocenters. The maximum Gasteiger partial charge on any atom is 0.229 e. The number of aromatic nitrogens is 3. The molecule has 4 N–H and O–H groups in total. The van der Waals surface area contributed by atoms with Gasteiger partial charge in [-0.15, -0.1) is 0 Å². The van der Waals surface area contributed by atoms with Crippen LogP contribution in [0.1, 0.15) is 12.0 Å². The number of benzene rings is 1. The zero-order valence-electron chi connectivity index (χ0n) is 10.9. The minimum absolute atomic E-state index is 0.213. The van der Waals surface area contributed by atoms with Crippen LogP contribution in [-0.4, -0.2) is 28.5 Å². The average Bonchev–Trinajstić information content (AvgIpc) is 2.44. The first-order valence-corrected chi connectivity index (χ1v) is 6.25. The molecule has 0 bridgehead atoms. The molecule has 1 aromatic carbocycles. The quantitative estimate of drug-likeness (QED) is 0.681. The summed E-state index contributed by atoms with van der Waals surface area (Å²) in [6, 6.07) is 10.4. The predicted molar refractivity (Wildman–Crippen MR) is 77.0 cm³/mol. The topological polar surface area (TPSA) is 88.8 Å². The average molecular weight is 258 g/mol. The number of nitrogen functional groups attached to an aromatic ring is 1. The third-order valence-corrected chi connectivity index (χ3v) is 2.64. The molecule has 0 radical (unpaired) electrons. The van der Waals surface area contributed by atoms with Gasteiger partial charge in [0.2, 0.25) is 17.8 Å². The van der Waals surface area contributed by atoms with Gasteiger partial charge in [-0.05, 0) is 18.4 Å². The Balaban J connectivity index is 1.81. The summed E-state index contributed by atoms with van der Waals surface area (Å²) in [5.41, 5.74) is 6.92. The summed E-state index contributed by atoms with van der Waals surface area (Å²) in [6.07, 6.45) is 2.03. The van der Waals surface area contributed by atoms with Crippen molar-refractivity contribution in [2.75, 3.05) is 30.0 Å². The lowest BCUT2D eigenvalue weighted by atomic mass is 10.1. The van der Waals surface area contributed by atoms with Crippen LogP contribution in [0.3, 0.4) is 0 Å². The van der Waals surface area contributed by atoms with Gasteiger partial charge < -0.3 is 16.4 Å². The van der Waals surface area contributed by atoms with Crippen molar-refractivity contribution in [1.82, 2.24) is 15.0 Å². The minimum Gasteiger partial charge on any atom is -0.368 e. The van der Waals surface area contributed by atoms with E-state index in [1.54, 1.807) is 7.05 Å². The van der Waals surface area contributed by atoms with Gasteiger partial charge in [-0.25, -0.2) is 0 Å². The number of hydrogen-bond donors (Lipinski definition) is 3. The van der Waals surface area contributed by atoms with Gasteiger partial charge in [-0.2, -0.15) is 15.0 Å². The van der Waals surface area contributed by atoms with E-state index < -0.39 is 0 Å². The Kier molecular flexibility index (Phi) is 4.49. The van der Waals surface area contributed by atoms with Crippen LogP contribution in [0.15, 0.2) is 30.3 Å². The predicted octanol–water partition coefficient (Wildman–Crippen LogP) is 1.54. The van der Waals surface area contributed by atoms with Gasteiger partial charge in [0.25, 0.3) is 0 Å². The number of nitrogens with two attached hydrogens (primary N) is 1. The van der Waals surface area contributed by atoms with Crippen LogP contribution in [0.25, 0.3) is 0 Å². The Morgan fingerprint density at radius 2 is 1.79 bits per heavy atom. The highest BCUT2D eigenvalue weighted by atomic mass is 15.2. The highest BCUT2D eigenvalue weighted by Gasteiger charge is 2.02. The smallest absolute Gasteiger partial charge is 0.229 e. The van der Waals surface area contributed by atoms with Crippen LogP contribution >= 0.6 is 0 Å². The number of aryl methyl sites for hydroxylation is 1. The molecule has 6 nitrogen and oxygen atoms in total. The number of nitrogens with one attached hydrogen (secondary N) is 2. The van der Waals surface area contributed by atoms with Gasteiger partial charge in [-0.3, -0.25) is 0 Å². The lowest BCUT2D eigenvalue weighted by molar-refractivity contribution is 0.851. The summed E-state index contributed by atoms with van der Waals surface area (Å²) >= 11 is 0. The molecular weight excluding hydrogens is 240 g/mol. The van der Waals surface area contributed by atoms with E-state index in [2.05, 4.69) is 49.9 Å². The zero-order chi connectivity index (χ0) is 13.5. The van der Waals surface area contributed by atoms with E-state index in [1.807, 2.05) is 6.07 Å². The molecule has 0 amide bonds. The van der Waals surface area contributed by atoms with E-state index in [0.717, 1.165) is 19.4 Å². The maximum atomic E-state index is 5.59. The summed E-state index contributed by atoms with van der Waals surface area (Å²) in [6.45, 7) is 0.793. The molecule has 0 aliphatic carbocycles. The first kappa shape index (κ1) is 13.1. The van der Waals surface area contributed by atoms with Crippen molar-refractivity contribution in [2.45, 2.75) is 12.8 Å². The monoisotopic (exact) mass is 258 g/mol. The van der Waals surface area contributed by atoms with Gasteiger partial charge in [0, 0.05) is 13.6 Å². The van der Waals surface area contributed by atoms with E-state index in [0.29, 0.717) is 11.9 Å². The van der Waals surface area contributed by atoms with E-state index in [9.17, 15) is 0 Å². The number of anilines is 3. The second kappa shape index (κ2) is 6.53. The van der Waals surface area contributed by atoms with Crippen molar-refractivity contribution >= 4 is 17.8 Å². The summed E-state index contributed by atoms with van der Waals surface area (Å²) in [5, 5.41) is 5.99. The lowest BCUT2D eigenvalue weighted by Crippen LogP contribution is -2.10. The molecule has 0 unspecified atom stereocenters. The van der Waals surface area contributed by atoms with E-state index in [1.165, 1.54) is 5.56 Å². The van der Waals surface area contributed by atoms with E-state index in [4.69, 9.17) is 5.73 Å². The van der Waals surface area contributed by atoms with Crippen molar-refractivity contribution in [2.24, 2.45) is 0 Å². The molecule has 6 heteroatoms. The van der Waals surface area contributed by atoms with Crippen molar-refractivity contribution in [1.29, 1.82) is 0 Å². The maximum absolute atomic E-state index is 5.59. The molecule has 0 aliphatic heterocycles. The zero-order valence-corrected chi connectivity index (χ0v) is 10.9. The second-order valence-electron chi connectivity index (χ2n) is 4.11. The van der Waals surface area contributed by atoms with Crippen molar-refractivity contribution < 1.29 is 0 Å². The van der Waals surface area contributed by atoms with Crippen molar-refractivity contribution in [3.8, 4) is 0 Å². The normalized spacial score (nSPS) is 10.2. The molecule has 100 valence electrons. The third-order valence-electron chi connectivity index (χ3n) is 2.64. The molecule has 0 saturated heterocycles. The fourth-order valence-corrected chi connectivity index (χ4v) is 1.72. The summed E-state index contributed by atoms with van der Waals surface area (Å²) in [4.78, 5) is 12.1. The van der Waals surface area contributed by atoms with Gasteiger partial charge in [-0.1, -0.05) is 30.3 Å². The Bertz CT molecular complexity index is 514.